The van der Waals surface area contributed by atoms with Gasteiger partial charge in [0.05, 0.1) is 11.4 Å². The maximum atomic E-state index is 6.18. The van der Waals surface area contributed by atoms with Crippen molar-refractivity contribution < 1.29 is 0 Å². The van der Waals surface area contributed by atoms with Crippen LogP contribution in [0.25, 0.3) is 0 Å². The first-order chi connectivity index (χ1) is 12.8. The highest BCUT2D eigenvalue weighted by molar-refractivity contribution is 5.66. The lowest BCUT2D eigenvalue weighted by atomic mass is 9.68. The number of piperidine rings is 2. The molecular formula is C23H35N3. The number of nitrogens with zero attached hydrogens (tertiary/aromatic N) is 1. The Kier molecular flexibility index (Phi) is 4.60. The number of nitrogen functional groups attached to an aromatic ring is 1. The fourth-order valence-electron chi connectivity index (χ4n) is 6.92. The Labute approximate surface area is 158 Å². The zero-order valence-corrected chi connectivity index (χ0v) is 16.1. The molecule has 0 spiro atoms. The molecule has 3 N–H and O–H groups in total. The van der Waals surface area contributed by atoms with Crippen molar-refractivity contribution in [3.05, 3.63) is 24.3 Å². The van der Waals surface area contributed by atoms with E-state index >= 15 is 0 Å². The van der Waals surface area contributed by atoms with E-state index in [-0.39, 0.29) is 0 Å². The van der Waals surface area contributed by atoms with Gasteiger partial charge in [0.2, 0.25) is 0 Å². The molecule has 3 unspecified atom stereocenters. The van der Waals surface area contributed by atoms with Gasteiger partial charge in [-0.1, -0.05) is 37.8 Å². The Hall–Kier alpha value is -1.22. The molecule has 2 aliphatic heterocycles. The van der Waals surface area contributed by atoms with E-state index in [0.717, 1.165) is 41.3 Å². The molecule has 2 aliphatic carbocycles. The van der Waals surface area contributed by atoms with E-state index in [4.69, 9.17) is 5.73 Å². The summed E-state index contributed by atoms with van der Waals surface area (Å²) in [6.07, 6.45) is 15.9. The number of para-hydroxylation sites is 2. The highest BCUT2D eigenvalue weighted by atomic mass is 15.2. The van der Waals surface area contributed by atoms with Crippen molar-refractivity contribution in [3.63, 3.8) is 0 Å². The third-order valence-corrected chi connectivity index (χ3v) is 7.88. The molecule has 4 bridgehead atoms. The number of benzene rings is 1. The van der Waals surface area contributed by atoms with Gasteiger partial charge in [-0.25, -0.2) is 0 Å². The minimum Gasteiger partial charge on any atom is -0.397 e. The lowest BCUT2D eigenvalue weighted by Gasteiger charge is -2.55. The minimum atomic E-state index is 0.592. The second-order valence-electron chi connectivity index (χ2n) is 9.61. The van der Waals surface area contributed by atoms with Crippen molar-refractivity contribution >= 4 is 11.4 Å². The molecule has 5 rings (SSSR count). The van der Waals surface area contributed by atoms with Crippen LogP contribution >= 0.6 is 0 Å². The first-order valence-electron chi connectivity index (χ1n) is 11.1. The molecule has 2 heterocycles. The van der Waals surface area contributed by atoms with Gasteiger partial charge in [-0.15, -0.1) is 0 Å². The van der Waals surface area contributed by atoms with E-state index in [1.165, 1.54) is 70.6 Å². The Morgan fingerprint density at radius 2 is 1.42 bits per heavy atom. The van der Waals surface area contributed by atoms with Gasteiger partial charge >= 0.3 is 0 Å². The lowest BCUT2D eigenvalue weighted by Crippen LogP contribution is -2.60. The fraction of sp³-hybridized carbons (Fsp3) is 0.739. The Morgan fingerprint density at radius 1 is 0.769 bits per heavy atom. The van der Waals surface area contributed by atoms with Crippen LogP contribution in [0.2, 0.25) is 0 Å². The molecule has 5 atom stereocenters. The van der Waals surface area contributed by atoms with Crippen LogP contribution in [0.15, 0.2) is 24.3 Å². The average Bonchev–Trinajstić information content (AvgIpc) is 2.62. The van der Waals surface area contributed by atoms with Gasteiger partial charge in [0, 0.05) is 24.2 Å². The van der Waals surface area contributed by atoms with Crippen molar-refractivity contribution in [1.82, 2.24) is 4.90 Å². The van der Waals surface area contributed by atoms with Crippen LogP contribution in [-0.2, 0) is 0 Å². The van der Waals surface area contributed by atoms with Gasteiger partial charge in [-0.05, 0) is 68.9 Å². The molecule has 2 saturated heterocycles. The zero-order valence-electron chi connectivity index (χ0n) is 16.1. The molecule has 0 radical (unpaired) electrons. The van der Waals surface area contributed by atoms with Gasteiger partial charge in [0.25, 0.3) is 0 Å². The summed E-state index contributed by atoms with van der Waals surface area (Å²) in [5.41, 5.74) is 8.20. The van der Waals surface area contributed by atoms with E-state index < -0.39 is 0 Å². The third kappa shape index (κ3) is 3.24. The number of hydrogen-bond donors (Lipinski definition) is 2. The first kappa shape index (κ1) is 16.9. The predicted molar refractivity (Wildman–Crippen MR) is 109 cm³/mol. The normalized spacial score (nSPS) is 40.2. The number of anilines is 2. The van der Waals surface area contributed by atoms with Crippen LogP contribution in [0.5, 0.6) is 0 Å². The van der Waals surface area contributed by atoms with Gasteiger partial charge in [0.15, 0.2) is 0 Å². The second-order valence-corrected chi connectivity index (χ2v) is 9.61. The average molecular weight is 354 g/mol. The van der Waals surface area contributed by atoms with Crippen molar-refractivity contribution in [2.24, 2.45) is 11.8 Å². The van der Waals surface area contributed by atoms with Gasteiger partial charge in [0.1, 0.15) is 0 Å². The van der Waals surface area contributed by atoms with Crippen LogP contribution in [0.3, 0.4) is 0 Å². The Balaban J connectivity index is 1.29. The maximum absolute atomic E-state index is 6.18. The molecule has 4 aliphatic rings. The molecule has 3 nitrogen and oxygen atoms in total. The minimum absolute atomic E-state index is 0.592. The number of nitrogens with two attached hydrogens (primary N) is 1. The van der Waals surface area contributed by atoms with E-state index in [9.17, 15) is 0 Å². The molecular weight excluding hydrogens is 318 g/mol. The molecule has 1 aromatic carbocycles. The topological polar surface area (TPSA) is 41.3 Å². The Bertz CT molecular complexity index is 604. The zero-order chi connectivity index (χ0) is 17.5. The molecule has 0 aromatic heterocycles. The summed E-state index contributed by atoms with van der Waals surface area (Å²) in [5, 5.41) is 3.79. The maximum Gasteiger partial charge on any atom is 0.0576 e. The van der Waals surface area contributed by atoms with Crippen LogP contribution in [0, 0.1) is 11.8 Å². The molecule has 1 aromatic rings. The van der Waals surface area contributed by atoms with E-state index in [2.05, 4.69) is 22.3 Å². The summed E-state index contributed by atoms with van der Waals surface area (Å²) in [7, 11) is 0. The van der Waals surface area contributed by atoms with E-state index in [0.29, 0.717) is 6.04 Å². The monoisotopic (exact) mass is 353 g/mol. The molecule has 0 amide bonds. The molecule has 142 valence electrons. The summed E-state index contributed by atoms with van der Waals surface area (Å²) in [4.78, 5) is 3.03. The Morgan fingerprint density at radius 3 is 2.12 bits per heavy atom. The van der Waals surface area contributed by atoms with Gasteiger partial charge in [-0.2, -0.15) is 0 Å². The first-order valence-corrected chi connectivity index (χ1v) is 11.1. The molecule has 26 heavy (non-hydrogen) atoms. The summed E-state index contributed by atoms with van der Waals surface area (Å²) in [6.45, 7) is 0. The lowest BCUT2D eigenvalue weighted by molar-refractivity contribution is -0.0382. The van der Waals surface area contributed by atoms with Crippen molar-refractivity contribution in [2.45, 2.75) is 94.8 Å². The smallest absolute Gasteiger partial charge is 0.0576 e. The molecule has 2 saturated carbocycles. The van der Waals surface area contributed by atoms with Crippen LogP contribution in [0.1, 0.15) is 70.6 Å². The van der Waals surface area contributed by atoms with Gasteiger partial charge < -0.3 is 11.1 Å². The van der Waals surface area contributed by atoms with Crippen LogP contribution in [-0.4, -0.2) is 29.1 Å². The fourth-order valence-corrected chi connectivity index (χ4v) is 6.92. The number of rotatable bonds is 3. The molecule has 3 heteroatoms. The van der Waals surface area contributed by atoms with Crippen molar-refractivity contribution in [2.75, 3.05) is 11.1 Å². The van der Waals surface area contributed by atoms with Crippen molar-refractivity contribution in [3.8, 4) is 0 Å². The van der Waals surface area contributed by atoms with E-state index in [1.54, 1.807) is 0 Å². The third-order valence-electron chi connectivity index (χ3n) is 7.88. The van der Waals surface area contributed by atoms with Crippen molar-refractivity contribution in [1.29, 1.82) is 0 Å². The van der Waals surface area contributed by atoms with Gasteiger partial charge in [-0.3, -0.25) is 4.90 Å². The second kappa shape index (κ2) is 7.07. The predicted octanol–water partition coefficient (Wildman–Crippen LogP) is 5.04. The highest BCUT2D eigenvalue weighted by Gasteiger charge is 2.44. The quantitative estimate of drug-likeness (QED) is 0.748. The number of fused-ring (bicyclic) bond motifs is 4. The van der Waals surface area contributed by atoms with Crippen LogP contribution in [0.4, 0.5) is 11.4 Å². The number of nitrogens with one attached hydrogen (secondary N) is 1. The molecule has 4 fully saturated rings. The summed E-state index contributed by atoms with van der Waals surface area (Å²) < 4.78 is 0. The standard InChI is InChI=1S/C23H35N3/c24-22-9-1-2-10-23(22)25-18-14-19-7-4-8-20(15-18)26(19)21-12-16-5-3-6-17(11-16)13-21/h1-2,9-10,16-21,25H,3-8,11-15,24H2/t16?,17?,18?,19-,20+,21?. The highest BCUT2D eigenvalue weighted by Crippen LogP contribution is 2.46. The summed E-state index contributed by atoms with van der Waals surface area (Å²) >= 11 is 0. The largest absolute Gasteiger partial charge is 0.397 e. The summed E-state index contributed by atoms with van der Waals surface area (Å²) in [6, 6.07) is 11.3. The van der Waals surface area contributed by atoms with Crippen LogP contribution < -0.4 is 11.1 Å². The summed E-state index contributed by atoms with van der Waals surface area (Å²) in [5.74, 6) is 2.07. The number of hydrogen-bond acceptors (Lipinski definition) is 3. The SMILES string of the molecule is Nc1ccccc1NC1C[C@H]2CCC[C@@H](C1)N2C1CC2CCCC(C2)C1. The van der Waals surface area contributed by atoms with E-state index in [1.807, 2.05) is 12.1 Å².